The first-order chi connectivity index (χ1) is 11.9. The fourth-order valence-electron chi connectivity index (χ4n) is 2.62. The molecule has 3 rings (SSSR count). The highest BCUT2D eigenvalue weighted by atomic mass is 35.5. The lowest BCUT2D eigenvalue weighted by Crippen LogP contribution is -2.46. The summed E-state index contributed by atoms with van der Waals surface area (Å²) in [4.78, 5) is 16.8. The molecular formula is C19H16Cl2N2O2. The Hall–Kier alpha value is -2.14. The van der Waals surface area contributed by atoms with E-state index in [2.05, 4.69) is 10.3 Å². The van der Waals surface area contributed by atoms with Crippen LogP contribution in [0.2, 0.25) is 10.0 Å². The van der Waals surface area contributed by atoms with Crippen molar-refractivity contribution in [1.82, 2.24) is 10.3 Å². The standard InChI is InChI=1S/C19H16Cl2N2O2/c1-19(11-24,15-7-16(20)9-17(21)8-15)23-18(25)13-3-2-12-4-5-22-10-14(12)6-13/h2-10,24H,11H2,1H3,(H,23,25). The van der Waals surface area contributed by atoms with Crippen LogP contribution in [0.25, 0.3) is 10.8 Å². The summed E-state index contributed by atoms with van der Waals surface area (Å²) in [7, 11) is 0. The van der Waals surface area contributed by atoms with Crippen molar-refractivity contribution in [3.63, 3.8) is 0 Å². The third-order valence-electron chi connectivity index (χ3n) is 4.11. The molecule has 1 unspecified atom stereocenters. The van der Waals surface area contributed by atoms with Gasteiger partial charge in [-0.1, -0.05) is 29.3 Å². The number of nitrogens with zero attached hydrogens (tertiary/aromatic N) is 1. The molecule has 25 heavy (non-hydrogen) atoms. The quantitative estimate of drug-likeness (QED) is 0.719. The minimum Gasteiger partial charge on any atom is -0.394 e. The predicted molar refractivity (Wildman–Crippen MR) is 100 cm³/mol. The average molecular weight is 375 g/mol. The number of rotatable bonds is 4. The third-order valence-corrected chi connectivity index (χ3v) is 4.54. The molecule has 0 radical (unpaired) electrons. The van der Waals surface area contributed by atoms with Gasteiger partial charge < -0.3 is 10.4 Å². The number of carbonyl (C=O) groups is 1. The van der Waals surface area contributed by atoms with Crippen LogP contribution in [0.5, 0.6) is 0 Å². The maximum atomic E-state index is 12.7. The molecule has 3 aromatic rings. The third kappa shape index (κ3) is 3.76. The number of aliphatic hydroxyl groups is 1. The minimum absolute atomic E-state index is 0.301. The van der Waals surface area contributed by atoms with Crippen LogP contribution in [-0.2, 0) is 5.54 Å². The fourth-order valence-corrected chi connectivity index (χ4v) is 3.15. The number of pyridine rings is 1. The molecule has 2 N–H and O–H groups in total. The molecule has 0 aliphatic rings. The van der Waals surface area contributed by atoms with Gasteiger partial charge in [-0.2, -0.15) is 0 Å². The molecule has 0 saturated carbocycles. The fraction of sp³-hybridized carbons (Fsp3) is 0.158. The van der Waals surface area contributed by atoms with Gasteiger partial charge in [0, 0.05) is 33.4 Å². The van der Waals surface area contributed by atoms with Gasteiger partial charge in [0.1, 0.15) is 0 Å². The van der Waals surface area contributed by atoms with Crippen molar-refractivity contribution in [2.75, 3.05) is 6.61 Å². The van der Waals surface area contributed by atoms with Crippen molar-refractivity contribution in [3.05, 3.63) is 76.0 Å². The minimum atomic E-state index is -1.02. The van der Waals surface area contributed by atoms with E-state index in [4.69, 9.17) is 23.2 Å². The molecule has 6 heteroatoms. The van der Waals surface area contributed by atoms with Gasteiger partial charge in [0.25, 0.3) is 5.91 Å². The number of nitrogens with one attached hydrogen (secondary N) is 1. The normalized spacial score (nSPS) is 13.4. The first kappa shape index (κ1) is 17.7. The van der Waals surface area contributed by atoms with Crippen LogP contribution in [0, 0.1) is 0 Å². The van der Waals surface area contributed by atoms with Gasteiger partial charge in [-0.05, 0) is 54.3 Å². The maximum absolute atomic E-state index is 12.7. The molecule has 1 aromatic heterocycles. The lowest BCUT2D eigenvalue weighted by atomic mass is 9.92. The van der Waals surface area contributed by atoms with Gasteiger partial charge in [0.05, 0.1) is 12.1 Å². The number of amides is 1. The molecule has 128 valence electrons. The summed E-state index contributed by atoms with van der Waals surface area (Å²) in [6.07, 6.45) is 3.40. The molecule has 1 amide bonds. The van der Waals surface area contributed by atoms with Crippen molar-refractivity contribution >= 4 is 39.9 Å². The van der Waals surface area contributed by atoms with E-state index < -0.39 is 5.54 Å². The number of aromatic nitrogens is 1. The average Bonchev–Trinajstić information content (AvgIpc) is 2.60. The molecular weight excluding hydrogens is 359 g/mol. The highest BCUT2D eigenvalue weighted by Gasteiger charge is 2.29. The molecule has 4 nitrogen and oxygen atoms in total. The molecule has 0 aliphatic heterocycles. The highest BCUT2D eigenvalue weighted by Crippen LogP contribution is 2.28. The second kappa shape index (κ2) is 7.00. The van der Waals surface area contributed by atoms with Gasteiger partial charge in [-0.25, -0.2) is 0 Å². The Morgan fingerprint density at radius 1 is 1.12 bits per heavy atom. The number of halogens is 2. The summed E-state index contributed by atoms with van der Waals surface area (Å²) in [5.41, 5.74) is 0.0896. The first-order valence-corrected chi connectivity index (χ1v) is 8.40. The number of hydrogen-bond donors (Lipinski definition) is 2. The number of carbonyl (C=O) groups excluding carboxylic acids is 1. The maximum Gasteiger partial charge on any atom is 0.252 e. The molecule has 1 heterocycles. The van der Waals surface area contributed by atoms with E-state index >= 15 is 0 Å². The summed E-state index contributed by atoms with van der Waals surface area (Å²) in [6, 6.07) is 12.2. The van der Waals surface area contributed by atoms with Gasteiger partial charge in [-0.15, -0.1) is 0 Å². The molecule has 0 saturated heterocycles. The Morgan fingerprint density at radius 2 is 1.84 bits per heavy atom. The molecule has 1 atom stereocenters. The number of benzene rings is 2. The zero-order chi connectivity index (χ0) is 18.0. The SMILES string of the molecule is CC(CO)(NC(=O)c1ccc2ccncc2c1)c1cc(Cl)cc(Cl)c1. The van der Waals surface area contributed by atoms with Gasteiger partial charge in [0.2, 0.25) is 0 Å². The van der Waals surface area contributed by atoms with Crippen LogP contribution in [-0.4, -0.2) is 22.6 Å². The van der Waals surface area contributed by atoms with E-state index in [1.54, 1.807) is 49.6 Å². The van der Waals surface area contributed by atoms with Crippen LogP contribution in [0.15, 0.2) is 54.9 Å². The topological polar surface area (TPSA) is 62.2 Å². The zero-order valence-corrected chi connectivity index (χ0v) is 15.0. The van der Waals surface area contributed by atoms with Crippen LogP contribution >= 0.6 is 23.2 Å². The second-order valence-corrected chi connectivity index (χ2v) is 6.91. The largest absolute Gasteiger partial charge is 0.394 e. The monoisotopic (exact) mass is 374 g/mol. The Balaban J connectivity index is 1.92. The van der Waals surface area contributed by atoms with Crippen molar-refractivity contribution in [2.24, 2.45) is 0 Å². The Labute approximate surface area is 155 Å². The lowest BCUT2D eigenvalue weighted by Gasteiger charge is -2.30. The molecule has 0 aliphatic carbocycles. The molecule has 0 spiro atoms. The van der Waals surface area contributed by atoms with Crippen LogP contribution in [0.1, 0.15) is 22.8 Å². The summed E-state index contributed by atoms with van der Waals surface area (Å²) in [6.45, 7) is 1.42. The van der Waals surface area contributed by atoms with E-state index in [1.807, 2.05) is 12.1 Å². The van der Waals surface area contributed by atoms with E-state index in [0.29, 0.717) is 21.2 Å². The number of hydrogen-bond acceptors (Lipinski definition) is 3. The smallest absolute Gasteiger partial charge is 0.252 e. The lowest BCUT2D eigenvalue weighted by molar-refractivity contribution is 0.0849. The summed E-state index contributed by atoms with van der Waals surface area (Å²) in [5, 5.41) is 15.5. The summed E-state index contributed by atoms with van der Waals surface area (Å²) in [5.74, 6) is -0.307. The van der Waals surface area contributed by atoms with Crippen LogP contribution in [0.3, 0.4) is 0 Å². The van der Waals surface area contributed by atoms with Crippen LogP contribution in [0.4, 0.5) is 0 Å². The summed E-state index contributed by atoms with van der Waals surface area (Å²) < 4.78 is 0. The van der Waals surface area contributed by atoms with E-state index in [0.717, 1.165) is 10.8 Å². The Morgan fingerprint density at radius 3 is 2.52 bits per heavy atom. The van der Waals surface area contributed by atoms with E-state index in [-0.39, 0.29) is 12.5 Å². The van der Waals surface area contributed by atoms with Crippen molar-refractivity contribution < 1.29 is 9.90 Å². The van der Waals surface area contributed by atoms with Crippen molar-refractivity contribution in [2.45, 2.75) is 12.5 Å². The van der Waals surface area contributed by atoms with Gasteiger partial charge in [0.15, 0.2) is 0 Å². The highest BCUT2D eigenvalue weighted by molar-refractivity contribution is 6.34. The predicted octanol–water partition coefficient (Wildman–Crippen LogP) is 4.18. The van der Waals surface area contributed by atoms with Crippen LogP contribution < -0.4 is 5.32 Å². The summed E-state index contributed by atoms with van der Waals surface area (Å²) >= 11 is 12.1. The van der Waals surface area contributed by atoms with Gasteiger partial charge >= 0.3 is 0 Å². The molecule has 2 aromatic carbocycles. The zero-order valence-electron chi connectivity index (χ0n) is 13.5. The number of fused-ring (bicyclic) bond motifs is 1. The molecule has 0 fully saturated rings. The number of aliphatic hydroxyl groups excluding tert-OH is 1. The van der Waals surface area contributed by atoms with Crippen molar-refractivity contribution in [1.29, 1.82) is 0 Å². The van der Waals surface area contributed by atoms with Gasteiger partial charge in [-0.3, -0.25) is 9.78 Å². The Kier molecular flexibility index (Phi) is 4.95. The first-order valence-electron chi connectivity index (χ1n) is 7.65. The second-order valence-electron chi connectivity index (χ2n) is 6.04. The van der Waals surface area contributed by atoms with E-state index in [9.17, 15) is 9.90 Å². The van der Waals surface area contributed by atoms with E-state index in [1.165, 1.54) is 0 Å². The van der Waals surface area contributed by atoms with Crippen molar-refractivity contribution in [3.8, 4) is 0 Å². The molecule has 0 bridgehead atoms. The Bertz CT molecular complexity index is 925.